The van der Waals surface area contributed by atoms with Crippen molar-refractivity contribution in [3.05, 3.63) is 0 Å². The average Bonchev–Trinajstić information content (AvgIpc) is 2.58. The number of hydrogen-bond donors (Lipinski definition) is 0. The van der Waals surface area contributed by atoms with Gasteiger partial charge in [-0.25, -0.2) is 0 Å². The molecule has 2 aliphatic heterocycles. The first-order valence-electron chi connectivity index (χ1n) is 8.67. The first kappa shape index (κ1) is 23.7. The molecule has 0 aromatic heterocycles. The second kappa shape index (κ2) is 12.2. The third-order valence-electron chi connectivity index (χ3n) is 3.34. The van der Waals surface area contributed by atoms with E-state index < -0.39 is 78.8 Å². The molecule has 0 amide bonds. The van der Waals surface area contributed by atoms with Crippen LogP contribution in [0.1, 0.15) is 57.8 Å². The van der Waals surface area contributed by atoms with Gasteiger partial charge in [0, 0.05) is 0 Å². The minimum atomic E-state index is -3.75. The van der Waals surface area contributed by atoms with Crippen LogP contribution in [0.4, 0.5) is 0 Å². The summed E-state index contributed by atoms with van der Waals surface area (Å²) in [5, 5.41) is 0. The van der Waals surface area contributed by atoms with Crippen LogP contribution < -0.4 is 0 Å². The second-order valence-electron chi connectivity index (χ2n) is 5.79. The summed E-state index contributed by atoms with van der Waals surface area (Å²) >= 11 is -7.49. The summed E-state index contributed by atoms with van der Waals surface area (Å²) in [5.74, 6) is -3.93. The van der Waals surface area contributed by atoms with Crippen molar-refractivity contribution in [2.75, 3.05) is 0 Å². The molecule has 0 N–H and O–H groups in total. The van der Waals surface area contributed by atoms with Crippen LogP contribution >= 0.6 is 0 Å². The molecule has 2 saturated heterocycles. The maximum atomic E-state index is 11.8. The monoisotopic (exact) mass is 632 g/mol. The van der Waals surface area contributed by atoms with Gasteiger partial charge in [-0.05, 0) is 0 Å². The van der Waals surface area contributed by atoms with Gasteiger partial charge in [-0.15, -0.1) is 0 Å². The quantitative estimate of drug-likeness (QED) is 0.354. The molecule has 0 unspecified atom stereocenters. The molecule has 0 saturated carbocycles. The molecule has 29 heavy (non-hydrogen) atoms. The van der Waals surface area contributed by atoms with E-state index in [4.69, 9.17) is 18.1 Å². The van der Waals surface area contributed by atoms with E-state index in [9.17, 15) is 28.8 Å². The fourth-order valence-corrected chi connectivity index (χ4v) is 7.06. The van der Waals surface area contributed by atoms with Crippen LogP contribution in [0.25, 0.3) is 0 Å². The summed E-state index contributed by atoms with van der Waals surface area (Å²) < 4.78 is 29.4. The van der Waals surface area contributed by atoms with E-state index in [1.54, 1.807) is 0 Å². The summed E-state index contributed by atoms with van der Waals surface area (Å²) in [5.41, 5.74) is 0. The van der Waals surface area contributed by atoms with E-state index in [2.05, 4.69) is 0 Å². The van der Waals surface area contributed by atoms with Crippen molar-refractivity contribution < 1.29 is 46.9 Å². The third-order valence-corrected chi connectivity index (χ3v) is 9.38. The maximum absolute atomic E-state index is 11.8. The zero-order chi connectivity index (χ0) is 21.2. The number of carbonyl (C=O) groups is 6. The van der Waals surface area contributed by atoms with Crippen LogP contribution in [0.3, 0.4) is 0 Å². The Bertz CT molecular complexity index is 586. The zero-order valence-electron chi connectivity index (χ0n) is 15.2. The Labute approximate surface area is 182 Å². The molecule has 0 radical (unpaired) electrons. The van der Waals surface area contributed by atoms with Gasteiger partial charge in [-0.2, -0.15) is 0 Å². The first-order valence-corrected chi connectivity index (χ1v) is 14.9. The van der Waals surface area contributed by atoms with E-state index in [1.165, 1.54) is 0 Å². The molecule has 0 atom stereocenters. The summed E-state index contributed by atoms with van der Waals surface area (Å²) in [7, 11) is 0. The van der Waals surface area contributed by atoms with Crippen LogP contribution in [-0.4, -0.2) is 78.8 Å². The molecular weight excluding hydrogens is 616 g/mol. The number of hydrogen-bond acceptors (Lipinski definition) is 12. The van der Waals surface area contributed by atoms with Crippen molar-refractivity contribution in [3.8, 4) is 0 Å². The molecule has 0 bridgehead atoms. The van der Waals surface area contributed by atoms with Crippen molar-refractivity contribution in [3.63, 3.8) is 0 Å². The van der Waals surface area contributed by atoms with Crippen LogP contribution in [0.15, 0.2) is 0 Å². The van der Waals surface area contributed by atoms with E-state index in [0.29, 0.717) is 12.8 Å². The van der Waals surface area contributed by atoms with Crippen molar-refractivity contribution >= 4 is 78.8 Å². The van der Waals surface area contributed by atoms with E-state index >= 15 is 0 Å². The van der Waals surface area contributed by atoms with Crippen LogP contribution in [0.5, 0.6) is 0 Å². The molecule has 0 aromatic carbocycles. The summed E-state index contributed by atoms with van der Waals surface area (Å²) in [4.78, 5) is 69.4. The van der Waals surface area contributed by atoms with Crippen LogP contribution in [0.2, 0.25) is 0 Å². The minimum absolute atomic E-state index is 0.0179. The van der Waals surface area contributed by atoms with Gasteiger partial charge in [-0.1, -0.05) is 0 Å². The predicted octanol–water partition coefficient (Wildman–Crippen LogP) is -0.247. The third kappa shape index (κ3) is 9.67. The zero-order valence-corrected chi connectivity index (χ0v) is 20.3. The van der Waals surface area contributed by atoms with Gasteiger partial charge in [0.15, 0.2) is 0 Å². The van der Waals surface area contributed by atoms with Gasteiger partial charge in [0.1, 0.15) is 0 Å². The Morgan fingerprint density at radius 1 is 0.655 bits per heavy atom. The fraction of sp³-hybridized carbons (Fsp3) is 0.600. The standard InChI is InChI=1S/3C5H8O4.2Sb/c3*6-4(7)2-1-3-5(8)9;;/h3*1-3H2,(H,6,7)(H,8,9);;/q;;;2*+3/p-6. The van der Waals surface area contributed by atoms with Crippen LogP contribution in [-0.2, 0) is 46.9 Å². The normalized spacial score (nSPS) is 19.3. The second-order valence-corrected chi connectivity index (χ2v) is 11.5. The van der Waals surface area contributed by atoms with Crippen LogP contribution in [0, 0.1) is 0 Å². The summed E-state index contributed by atoms with van der Waals surface area (Å²) in [6.07, 6.45) is 0.353. The SMILES string of the molecule is O=C1CCCC(=O)[O][Sb]([O]C(=O)CCCC(=O)[O][Sb]2[O]C(=O)CCCC(=O)[O]2)[O]1. The molecule has 2 heterocycles. The molecule has 160 valence electrons. The van der Waals surface area contributed by atoms with E-state index in [-0.39, 0.29) is 44.9 Å². The van der Waals surface area contributed by atoms with Gasteiger partial charge in [0.25, 0.3) is 0 Å². The van der Waals surface area contributed by atoms with Gasteiger partial charge in [0.05, 0.1) is 0 Å². The molecule has 2 aliphatic rings. The van der Waals surface area contributed by atoms with Crippen molar-refractivity contribution in [1.29, 1.82) is 0 Å². The van der Waals surface area contributed by atoms with Crippen molar-refractivity contribution in [2.45, 2.75) is 57.8 Å². The molecule has 2 fully saturated rings. The van der Waals surface area contributed by atoms with Gasteiger partial charge in [-0.3, -0.25) is 0 Å². The molecule has 0 aromatic rings. The molecule has 0 spiro atoms. The predicted molar refractivity (Wildman–Crippen MR) is 89.6 cm³/mol. The Hall–Kier alpha value is -1.54. The fourth-order valence-electron chi connectivity index (χ4n) is 2.02. The number of carbonyl (C=O) groups excluding carboxylic acids is 6. The Morgan fingerprint density at radius 2 is 0.966 bits per heavy atom. The molecular formula is C15H18O12Sb2. The van der Waals surface area contributed by atoms with Crippen molar-refractivity contribution in [2.24, 2.45) is 0 Å². The van der Waals surface area contributed by atoms with Gasteiger partial charge in [0.2, 0.25) is 0 Å². The molecule has 12 nitrogen and oxygen atoms in total. The molecule has 2 rings (SSSR count). The first-order chi connectivity index (χ1) is 13.8. The molecule has 14 heteroatoms. The van der Waals surface area contributed by atoms with E-state index in [1.807, 2.05) is 0 Å². The van der Waals surface area contributed by atoms with E-state index in [0.717, 1.165) is 0 Å². The summed E-state index contributed by atoms with van der Waals surface area (Å²) in [6.45, 7) is 0. The Balaban J connectivity index is 1.70. The Kier molecular flexibility index (Phi) is 10.0. The summed E-state index contributed by atoms with van der Waals surface area (Å²) in [6, 6.07) is 0. The molecule has 0 aliphatic carbocycles. The van der Waals surface area contributed by atoms with Crippen molar-refractivity contribution in [1.82, 2.24) is 0 Å². The van der Waals surface area contributed by atoms with Gasteiger partial charge >= 0.3 is 183 Å². The topological polar surface area (TPSA) is 158 Å². The number of rotatable bonds is 6. The van der Waals surface area contributed by atoms with Gasteiger partial charge < -0.3 is 0 Å². The average molecular weight is 634 g/mol. The Morgan fingerprint density at radius 3 is 1.28 bits per heavy atom.